The average molecular weight is 286 g/mol. The Morgan fingerprint density at radius 3 is 2.53 bits per heavy atom. The Labute approximate surface area is 111 Å². The molecule has 1 aliphatic rings. The third kappa shape index (κ3) is 2.93. The van der Waals surface area contributed by atoms with Crippen molar-refractivity contribution in [1.29, 1.82) is 0 Å². The highest BCUT2D eigenvalue weighted by molar-refractivity contribution is 7.89. The molecule has 0 aromatic heterocycles. The van der Waals surface area contributed by atoms with E-state index in [1.54, 1.807) is 0 Å². The van der Waals surface area contributed by atoms with Crippen LogP contribution in [0, 0.1) is 11.2 Å². The van der Waals surface area contributed by atoms with Crippen LogP contribution in [-0.2, 0) is 10.0 Å². The molecule has 0 heterocycles. The summed E-state index contributed by atoms with van der Waals surface area (Å²) in [5.74, 6) is -1.40. The molecule has 0 aliphatic heterocycles. The second kappa shape index (κ2) is 4.28. The summed E-state index contributed by atoms with van der Waals surface area (Å²) in [7, 11) is -4.18. The Morgan fingerprint density at radius 2 is 2.05 bits per heavy atom. The van der Waals surface area contributed by atoms with Crippen LogP contribution in [0.4, 0.5) is 4.39 Å². The summed E-state index contributed by atoms with van der Waals surface area (Å²) in [6.45, 7) is 4.02. The zero-order valence-corrected chi connectivity index (χ0v) is 11.4. The lowest BCUT2D eigenvalue weighted by Gasteiger charge is -2.08. The lowest BCUT2D eigenvalue weighted by Crippen LogP contribution is -2.28. The summed E-state index contributed by atoms with van der Waals surface area (Å²) in [5.41, 5.74) is 0.131. The minimum Gasteiger partial charge on any atom is -0.349 e. The third-order valence-electron chi connectivity index (χ3n) is 3.32. The van der Waals surface area contributed by atoms with E-state index in [1.165, 1.54) is 6.07 Å². The molecule has 0 spiro atoms. The van der Waals surface area contributed by atoms with Gasteiger partial charge in [0.2, 0.25) is 10.0 Å². The first-order chi connectivity index (χ1) is 8.61. The number of sulfonamides is 1. The van der Waals surface area contributed by atoms with Crippen molar-refractivity contribution in [2.75, 3.05) is 0 Å². The van der Waals surface area contributed by atoms with E-state index in [0.717, 1.165) is 18.6 Å². The number of primary sulfonamides is 1. The smallest absolute Gasteiger partial charge is 0.251 e. The van der Waals surface area contributed by atoms with Gasteiger partial charge in [0.15, 0.2) is 0 Å². The van der Waals surface area contributed by atoms with Crippen molar-refractivity contribution in [3.05, 3.63) is 29.6 Å². The number of benzene rings is 1. The standard InChI is InChI=1S/C12H15FN2O3S/c1-12(2)6-10(12)15-11(16)7-3-4-8(13)9(5-7)19(14,17)18/h3-5,10H,6H2,1-2H3,(H,15,16)(H2,14,17,18). The van der Waals surface area contributed by atoms with Gasteiger partial charge in [0.25, 0.3) is 5.91 Å². The van der Waals surface area contributed by atoms with Crippen molar-refractivity contribution >= 4 is 15.9 Å². The summed E-state index contributed by atoms with van der Waals surface area (Å²) in [6.07, 6.45) is 0.863. The third-order valence-corrected chi connectivity index (χ3v) is 4.24. The minimum atomic E-state index is -4.18. The van der Waals surface area contributed by atoms with E-state index in [2.05, 4.69) is 5.32 Å². The van der Waals surface area contributed by atoms with Crippen molar-refractivity contribution in [2.45, 2.75) is 31.2 Å². The minimum absolute atomic E-state index is 0.0540. The van der Waals surface area contributed by atoms with Crippen LogP contribution in [0.2, 0.25) is 0 Å². The van der Waals surface area contributed by atoms with Gasteiger partial charge in [-0.1, -0.05) is 13.8 Å². The second-order valence-electron chi connectivity index (χ2n) is 5.41. The van der Waals surface area contributed by atoms with Gasteiger partial charge >= 0.3 is 0 Å². The Morgan fingerprint density at radius 1 is 1.47 bits per heavy atom. The Balaban J connectivity index is 2.24. The zero-order valence-electron chi connectivity index (χ0n) is 10.6. The predicted molar refractivity (Wildman–Crippen MR) is 67.4 cm³/mol. The number of hydrogen-bond acceptors (Lipinski definition) is 3. The summed E-state index contributed by atoms with van der Waals surface area (Å²) in [4.78, 5) is 11.2. The van der Waals surface area contributed by atoms with Crippen LogP contribution < -0.4 is 10.5 Å². The molecule has 2 rings (SSSR count). The molecule has 7 heteroatoms. The van der Waals surface area contributed by atoms with E-state index >= 15 is 0 Å². The van der Waals surface area contributed by atoms with Gasteiger partial charge in [0.05, 0.1) is 0 Å². The Kier molecular flexibility index (Phi) is 3.14. The van der Waals surface area contributed by atoms with Gasteiger partial charge in [-0.25, -0.2) is 17.9 Å². The van der Waals surface area contributed by atoms with Crippen molar-refractivity contribution in [3.63, 3.8) is 0 Å². The van der Waals surface area contributed by atoms with E-state index in [4.69, 9.17) is 5.14 Å². The maximum absolute atomic E-state index is 13.3. The van der Waals surface area contributed by atoms with Gasteiger partial charge in [-0.05, 0) is 30.0 Å². The van der Waals surface area contributed by atoms with Crippen LogP contribution in [0.3, 0.4) is 0 Å². The first-order valence-corrected chi connectivity index (χ1v) is 7.29. The SMILES string of the molecule is CC1(C)CC1NC(=O)c1ccc(F)c(S(N)(=O)=O)c1. The molecule has 1 aromatic rings. The highest BCUT2D eigenvalue weighted by Gasteiger charge is 2.46. The summed E-state index contributed by atoms with van der Waals surface area (Å²) >= 11 is 0. The van der Waals surface area contributed by atoms with Crippen molar-refractivity contribution in [1.82, 2.24) is 5.32 Å². The quantitative estimate of drug-likeness (QED) is 0.868. The predicted octanol–water partition coefficient (Wildman–Crippen LogP) is 1.00. The lowest BCUT2D eigenvalue weighted by molar-refractivity contribution is 0.0946. The maximum Gasteiger partial charge on any atom is 0.251 e. The number of amides is 1. The van der Waals surface area contributed by atoms with Gasteiger partial charge in [0.1, 0.15) is 10.7 Å². The number of halogens is 1. The van der Waals surface area contributed by atoms with E-state index < -0.39 is 26.6 Å². The summed E-state index contributed by atoms with van der Waals surface area (Å²) in [6, 6.07) is 3.17. The molecule has 1 atom stereocenters. The number of rotatable bonds is 3. The molecule has 104 valence electrons. The maximum atomic E-state index is 13.3. The fourth-order valence-electron chi connectivity index (χ4n) is 1.82. The first-order valence-electron chi connectivity index (χ1n) is 5.74. The van der Waals surface area contributed by atoms with E-state index in [-0.39, 0.29) is 17.0 Å². The topological polar surface area (TPSA) is 89.3 Å². The van der Waals surface area contributed by atoms with E-state index in [1.807, 2.05) is 13.8 Å². The molecule has 1 aromatic carbocycles. The molecule has 1 unspecified atom stereocenters. The fourth-order valence-corrected chi connectivity index (χ4v) is 2.45. The molecular formula is C12H15FN2O3S. The molecule has 0 bridgehead atoms. The molecule has 3 N–H and O–H groups in total. The van der Waals surface area contributed by atoms with E-state index in [0.29, 0.717) is 0 Å². The van der Waals surface area contributed by atoms with Gasteiger partial charge < -0.3 is 5.32 Å². The number of hydrogen-bond donors (Lipinski definition) is 2. The Bertz CT molecular complexity index is 640. The first kappa shape index (κ1) is 14.0. The molecule has 19 heavy (non-hydrogen) atoms. The van der Waals surface area contributed by atoms with Crippen LogP contribution in [0.15, 0.2) is 23.1 Å². The van der Waals surface area contributed by atoms with Crippen molar-refractivity contribution in [3.8, 4) is 0 Å². The molecule has 0 saturated heterocycles. The van der Waals surface area contributed by atoms with Crippen LogP contribution in [0.5, 0.6) is 0 Å². The lowest BCUT2D eigenvalue weighted by atomic mass is 10.1. The summed E-state index contributed by atoms with van der Waals surface area (Å²) < 4.78 is 35.7. The van der Waals surface area contributed by atoms with Gasteiger partial charge in [-0.15, -0.1) is 0 Å². The molecule has 5 nitrogen and oxygen atoms in total. The molecule has 1 aliphatic carbocycles. The fraction of sp³-hybridized carbons (Fsp3) is 0.417. The van der Waals surface area contributed by atoms with Crippen LogP contribution >= 0.6 is 0 Å². The van der Waals surface area contributed by atoms with Crippen LogP contribution in [-0.4, -0.2) is 20.4 Å². The number of nitrogens with one attached hydrogen (secondary N) is 1. The molecular weight excluding hydrogens is 271 g/mol. The van der Waals surface area contributed by atoms with Crippen LogP contribution in [0.1, 0.15) is 30.6 Å². The molecule has 1 amide bonds. The monoisotopic (exact) mass is 286 g/mol. The average Bonchev–Trinajstić information content (AvgIpc) is 2.84. The molecule has 1 fully saturated rings. The number of nitrogens with two attached hydrogens (primary N) is 1. The van der Waals surface area contributed by atoms with Gasteiger partial charge in [-0.2, -0.15) is 0 Å². The van der Waals surface area contributed by atoms with Gasteiger partial charge in [-0.3, -0.25) is 4.79 Å². The Hall–Kier alpha value is -1.47. The highest BCUT2D eigenvalue weighted by Crippen LogP contribution is 2.44. The van der Waals surface area contributed by atoms with Crippen LogP contribution in [0.25, 0.3) is 0 Å². The second-order valence-corrected chi connectivity index (χ2v) is 6.94. The highest BCUT2D eigenvalue weighted by atomic mass is 32.2. The molecule has 0 radical (unpaired) electrons. The largest absolute Gasteiger partial charge is 0.349 e. The van der Waals surface area contributed by atoms with Gasteiger partial charge in [0, 0.05) is 11.6 Å². The molecule has 1 saturated carbocycles. The number of carbonyl (C=O) groups is 1. The zero-order chi connectivity index (χ0) is 14.4. The van der Waals surface area contributed by atoms with Crippen molar-refractivity contribution in [2.24, 2.45) is 10.6 Å². The summed E-state index contributed by atoms with van der Waals surface area (Å²) in [5, 5.41) is 7.65. The van der Waals surface area contributed by atoms with Crippen molar-refractivity contribution < 1.29 is 17.6 Å². The van der Waals surface area contributed by atoms with E-state index in [9.17, 15) is 17.6 Å². The number of carbonyl (C=O) groups excluding carboxylic acids is 1. The normalized spacial score (nSPS) is 20.9.